The first-order valence-electron chi connectivity index (χ1n) is 11.0. The Kier molecular flexibility index (Phi) is 5.41. The van der Waals surface area contributed by atoms with Gasteiger partial charge in [-0.1, -0.05) is 45.4 Å². The van der Waals surface area contributed by atoms with Gasteiger partial charge in [-0.2, -0.15) is 0 Å². The number of nitrogens with zero attached hydrogens (tertiary/aromatic N) is 1. The van der Waals surface area contributed by atoms with E-state index in [0.29, 0.717) is 0 Å². The minimum atomic E-state index is -3.26. The van der Waals surface area contributed by atoms with Crippen molar-refractivity contribution in [1.29, 1.82) is 0 Å². The molecule has 2 aromatic rings. The largest absolute Gasteiger partial charge is 0.347 e. The molecule has 0 radical (unpaired) electrons. The van der Waals surface area contributed by atoms with Gasteiger partial charge in [-0.15, -0.1) is 0 Å². The SMILES string of the molecule is C[C@@H](NS(=O)(=O)C1CCC1)c1cn(CC(C)(C)C)c2cc(C3=CCCC3)ccc12. The molecule has 1 atom stereocenters. The molecule has 0 spiro atoms. The highest BCUT2D eigenvalue weighted by molar-refractivity contribution is 7.90. The highest BCUT2D eigenvalue weighted by Crippen LogP contribution is 2.35. The van der Waals surface area contributed by atoms with Crippen LogP contribution < -0.4 is 4.72 Å². The first kappa shape index (κ1) is 20.7. The quantitative estimate of drug-likeness (QED) is 0.650. The molecule has 1 fully saturated rings. The lowest BCUT2D eigenvalue weighted by Gasteiger charge is -2.27. The summed E-state index contributed by atoms with van der Waals surface area (Å²) in [7, 11) is -3.26. The molecule has 0 unspecified atom stereocenters. The zero-order chi connectivity index (χ0) is 20.8. The van der Waals surface area contributed by atoms with E-state index >= 15 is 0 Å². The topological polar surface area (TPSA) is 51.1 Å². The van der Waals surface area contributed by atoms with Gasteiger partial charge in [0.05, 0.1) is 5.25 Å². The Labute approximate surface area is 175 Å². The summed E-state index contributed by atoms with van der Waals surface area (Å²) < 4.78 is 30.6. The summed E-state index contributed by atoms with van der Waals surface area (Å²) in [6.07, 6.45) is 10.7. The standard InChI is InChI=1S/C24H34N2O2S/c1-17(25-29(27,28)20-10-7-11-20)22-15-26(16-24(2,3)4)23-14-19(12-13-21(22)23)18-8-5-6-9-18/h8,12-15,17,20,25H,5-7,9-11,16H2,1-4H3/t17-/m1/s1. The van der Waals surface area contributed by atoms with Gasteiger partial charge in [-0.3, -0.25) is 0 Å². The van der Waals surface area contributed by atoms with Crippen LogP contribution in [0.3, 0.4) is 0 Å². The van der Waals surface area contributed by atoms with Crippen molar-refractivity contribution < 1.29 is 8.42 Å². The molecule has 4 nitrogen and oxygen atoms in total. The predicted octanol–water partition coefficient (Wildman–Crippen LogP) is 5.79. The maximum absolute atomic E-state index is 12.7. The van der Waals surface area contributed by atoms with Crippen LogP contribution in [0.15, 0.2) is 30.5 Å². The molecule has 1 saturated carbocycles. The summed E-state index contributed by atoms with van der Waals surface area (Å²) in [5, 5.41) is 0.939. The van der Waals surface area contributed by atoms with Gasteiger partial charge in [-0.05, 0) is 67.2 Å². The summed E-state index contributed by atoms with van der Waals surface area (Å²) in [6, 6.07) is 6.46. The van der Waals surface area contributed by atoms with Gasteiger partial charge >= 0.3 is 0 Å². The number of fused-ring (bicyclic) bond motifs is 1. The van der Waals surface area contributed by atoms with Crippen LogP contribution in [0.1, 0.15) is 83.4 Å². The lowest BCUT2D eigenvalue weighted by molar-refractivity contribution is 0.349. The number of hydrogen-bond donors (Lipinski definition) is 1. The zero-order valence-corrected chi connectivity index (χ0v) is 19.0. The van der Waals surface area contributed by atoms with Crippen LogP contribution in [0.25, 0.3) is 16.5 Å². The van der Waals surface area contributed by atoms with E-state index in [1.807, 2.05) is 6.92 Å². The molecule has 1 heterocycles. The Bertz CT molecular complexity index is 1040. The minimum absolute atomic E-state index is 0.139. The lowest BCUT2D eigenvalue weighted by atomic mass is 9.96. The third-order valence-electron chi connectivity index (χ3n) is 6.27. The molecular formula is C24H34N2O2S. The predicted molar refractivity (Wildman–Crippen MR) is 121 cm³/mol. The summed E-state index contributed by atoms with van der Waals surface area (Å²) >= 11 is 0. The average Bonchev–Trinajstić information content (AvgIpc) is 3.19. The zero-order valence-electron chi connectivity index (χ0n) is 18.2. The normalized spacial score (nSPS) is 19.4. The van der Waals surface area contributed by atoms with E-state index in [1.165, 1.54) is 29.5 Å². The molecule has 1 aromatic carbocycles. The number of sulfonamides is 1. The molecule has 2 aliphatic carbocycles. The van der Waals surface area contributed by atoms with E-state index in [-0.39, 0.29) is 16.7 Å². The maximum atomic E-state index is 12.7. The fourth-order valence-corrected chi connectivity index (χ4v) is 6.29. The Hall–Kier alpha value is -1.59. The van der Waals surface area contributed by atoms with Gasteiger partial charge in [0.1, 0.15) is 0 Å². The molecule has 0 bridgehead atoms. The molecule has 0 amide bonds. The number of aromatic nitrogens is 1. The lowest BCUT2D eigenvalue weighted by Crippen LogP contribution is -2.39. The summed E-state index contributed by atoms with van der Waals surface area (Å²) in [4.78, 5) is 0. The third-order valence-corrected chi connectivity index (χ3v) is 8.30. The van der Waals surface area contributed by atoms with E-state index < -0.39 is 10.0 Å². The maximum Gasteiger partial charge on any atom is 0.215 e. The molecular weight excluding hydrogens is 380 g/mol. The van der Waals surface area contributed by atoms with Crippen molar-refractivity contribution in [3.63, 3.8) is 0 Å². The van der Waals surface area contributed by atoms with Crippen LogP contribution in [0, 0.1) is 5.41 Å². The highest BCUT2D eigenvalue weighted by Gasteiger charge is 2.33. The van der Waals surface area contributed by atoms with Crippen molar-refractivity contribution in [2.24, 2.45) is 5.41 Å². The Balaban J connectivity index is 1.73. The Morgan fingerprint density at radius 1 is 1.21 bits per heavy atom. The Morgan fingerprint density at radius 3 is 2.55 bits per heavy atom. The number of rotatable bonds is 6. The van der Waals surface area contributed by atoms with E-state index in [2.05, 4.69) is 60.5 Å². The minimum Gasteiger partial charge on any atom is -0.347 e. The van der Waals surface area contributed by atoms with Crippen LogP contribution >= 0.6 is 0 Å². The monoisotopic (exact) mass is 414 g/mol. The molecule has 29 heavy (non-hydrogen) atoms. The average molecular weight is 415 g/mol. The van der Waals surface area contributed by atoms with Gasteiger partial charge in [0.25, 0.3) is 0 Å². The molecule has 0 saturated heterocycles. The van der Waals surface area contributed by atoms with Crippen molar-refractivity contribution in [3.8, 4) is 0 Å². The highest BCUT2D eigenvalue weighted by atomic mass is 32.2. The Morgan fingerprint density at radius 2 is 1.97 bits per heavy atom. The number of benzene rings is 1. The smallest absolute Gasteiger partial charge is 0.215 e. The second-order valence-corrected chi connectivity index (χ2v) is 12.1. The third kappa shape index (κ3) is 4.31. The van der Waals surface area contributed by atoms with Crippen molar-refractivity contribution in [1.82, 2.24) is 9.29 Å². The molecule has 1 N–H and O–H groups in total. The molecule has 1 aromatic heterocycles. The fourth-order valence-electron chi connectivity index (χ4n) is 4.53. The second kappa shape index (κ2) is 7.59. The first-order chi connectivity index (χ1) is 13.6. The van der Waals surface area contributed by atoms with Crippen molar-refractivity contribution in [2.75, 3.05) is 0 Å². The number of nitrogens with one attached hydrogen (secondary N) is 1. The van der Waals surface area contributed by atoms with Gasteiger partial charge in [0.15, 0.2) is 0 Å². The van der Waals surface area contributed by atoms with E-state index in [0.717, 1.165) is 43.2 Å². The van der Waals surface area contributed by atoms with Gasteiger partial charge in [-0.25, -0.2) is 13.1 Å². The summed E-state index contributed by atoms with van der Waals surface area (Å²) in [5.74, 6) is 0. The molecule has 0 aliphatic heterocycles. The van der Waals surface area contributed by atoms with Crippen molar-refractivity contribution >= 4 is 26.5 Å². The van der Waals surface area contributed by atoms with Crippen LogP contribution in [0.4, 0.5) is 0 Å². The summed E-state index contributed by atoms with van der Waals surface area (Å²) in [6.45, 7) is 9.59. The van der Waals surface area contributed by atoms with Gasteiger partial charge < -0.3 is 4.57 Å². The number of hydrogen-bond acceptors (Lipinski definition) is 2. The molecule has 5 heteroatoms. The molecule has 2 aliphatic rings. The second-order valence-electron chi connectivity index (χ2n) is 10.1. The molecule has 158 valence electrons. The van der Waals surface area contributed by atoms with Crippen molar-refractivity contribution in [2.45, 2.75) is 84.1 Å². The van der Waals surface area contributed by atoms with Gasteiger partial charge in [0, 0.05) is 29.7 Å². The number of allylic oxidation sites excluding steroid dienone is 2. The van der Waals surface area contributed by atoms with E-state index in [1.54, 1.807) is 0 Å². The van der Waals surface area contributed by atoms with Crippen LogP contribution in [-0.4, -0.2) is 18.2 Å². The van der Waals surface area contributed by atoms with Gasteiger partial charge in [0.2, 0.25) is 10.0 Å². The van der Waals surface area contributed by atoms with Crippen LogP contribution in [0.5, 0.6) is 0 Å². The van der Waals surface area contributed by atoms with Crippen LogP contribution in [-0.2, 0) is 16.6 Å². The van der Waals surface area contributed by atoms with Crippen molar-refractivity contribution in [3.05, 3.63) is 41.6 Å². The first-order valence-corrected chi connectivity index (χ1v) is 12.5. The fraction of sp³-hybridized carbons (Fsp3) is 0.583. The van der Waals surface area contributed by atoms with Crippen LogP contribution in [0.2, 0.25) is 0 Å². The van der Waals surface area contributed by atoms with E-state index in [9.17, 15) is 8.42 Å². The molecule has 4 rings (SSSR count). The van der Waals surface area contributed by atoms with E-state index in [4.69, 9.17) is 0 Å². The summed E-state index contributed by atoms with van der Waals surface area (Å²) in [5.41, 5.74) is 5.16.